The summed E-state index contributed by atoms with van der Waals surface area (Å²) in [5, 5.41) is 6.19. The Kier molecular flexibility index (Phi) is 6.55. The maximum atomic E-state index is 12.4. The minimum Gasteiger partial charge on any atom is -0.378 e. The summed E-state index contributed by atoms with van der Waals surface area (Å²) in [4.78, 5) is 23.2. The van der Waals surface area contributed by atoms with Crippen LogP contribution in [0.2, 0.25) is 0 Å². The summed E-state index contributed by atoms with van der Waals surface area (Å²) in [5.41, 5.74) is 3.58. The molecule has 27 heavy (non-hydrogen) atoms. The molecule has 1 aromatic heterocycles. The molecule has 146 valence electrons. The van der Waals surface area contributed by atoms with Crippen LogP contribution < -0.4 is 15.1 Å². The van der Waals surface area contributed by atoms with Crippen molar-refractivity contribution in [3.8, 4) is 0 Å². The molecule has 0 radical (unpaired) electrons. The van der Waals surface area contributed by atoms with E-state index in [0.717, 1.165) is 49.8 Å². The third-order valence-corrected chi connectivity index (χ3v) is 5.83. The molecule has 2 aromatic rings. The average molecular weight is 388 g/mol. The van der Waals surface area contributed by atoms with Crippen LogP contribution in [0.5, 0.6) is 0 Å². The molecule has 6 nitrogen and oxygen atoms in total. The summed E-state index contributed by atoms with van der Waals surface area (Å²) < 4.78 is 0. The van der Waals surface area contributed by atoms with Gasteiger partial charge in [-0.25, -0.2) is 9.78 Å². The summed E-state index contributed by atoms with van der Waals surface area (Å²) in [5.74, 6) is 0. The number of aromatic nitrogens is 1. The molecule has 0 bridgehead atoms. The highest BCUT2D eigenvalue weighted by molar-refractivity contribution is 7.13. The van der Waals surface area contributed by atoms with Crippen LogP contribution in [0.25, 0.3) is 0 Å². The smallest absolute Gasteiger partial charge is 0.317 e. The van der Waals surface area contributed by atoms with Crippen LogP contribution in [-0.2, 0) is 6.42 Å². The predicted molar refractivity (Wildman–Crippen MR) is 113 cm³/mol. The highest BCUT2D eigenvalue weighted by Gasteiger charge is 2.22. The zero-order valence-electron chi connectivity index (χ0n) is 16.4. The maximum absolute atomic E-state index is 12.4. The zero-order chi connectivity index (χ0) is 19.2. The van der Waals surface area contributed by atoms with Crippen LogP contribution in [-0.4, -0.2) is 62.7 Å². The van der Waals surface area contributed by atoms with E-state index in [1.54, 1.807) is 11.3 Å². The lowest BCUT2D eigenvalue weighted by molar-refractivity contribution is 0.194. The van der Waals surface area contributed by atoms with Crippen LogP contribution >= 0.6 is 11.3 Å². The Morgan fingerprint density at radius 1 is 1.19 bits per heavy atom. The lowest BCUT2D eigenvalue weighted by atomic mass is 10.1. The number of rotatable bonds is 6. The van der Waals surface area contributed by atoms with Gasteiger partial charge >= 0.3 is 6.03 Å². The molecule has 7 heteroatoms. The van der Waals surface area contributed by atoms with Gasteiger partial charge < -0.3 is 20.0 Å². The molecule has 0 saturated carbocycles. The number of hydrogen-bond donors (Lipinski definition) is 1. The number of amides is 2. The van der Waals surface area contributed by atoms with Crippen molar-refractivity contribution in [1.82, 2.24) is 15.2 Å². The Morgan fingerprint density at radius 3 is 2.48 bits per heavy atom. The van der Waals surface area contributed by atoms with E-state index in [1.807, 2.05) is 25.9 Å². The molecule has 0 unspecified atom stereocenters. The number of piperazine rings is 1. The Morgan fingerprint density at radius 2 is 1.89 bits per heavy atom. The molecule has 3 rings (SSSR count). The first-order valence-electron chi connectivity index (χ1n) is 9.49. The standard InChI is InChI=1S/C20H29N5OS/c1-16-15-27-20(22-16)25-13-11-24(12-14-25)19(26)21-10-4-5-17-6-8-18(9-7-17)23(2)3/h6-9,15H,4-5,10-14H2,1-3H3,(H,21,26). The Labute approximate surface area is 165 Å². The molecule has 2 heterocycles. The van der Waals surface area contributed by atoms with E-state index >= 15 is 0 Å². The number of carbonyl (C=O) groups excluding carboxylic acids is 1. The van der Waals surface area contributed by atoms with Crippen molar-refractivity contribution >= 4 is 28.2 Å². The number of anilines is 2. The number of carbonyl (C=O) groups is 1. The van der Waals surface area contributed by atoms with E-state index in [9.17, 15) is 4.79 Å². The summed E-state index contributed by atoms with van der Waals surface area (Å²) in [6, 6.07) is 8.65. The molecule has 2 amide bonds. The van der Waals surface area contributed by atoms with Crippen molar-refractivity contribution in [3.05, 3.63) is 40.9 Å². The Bertz CT molecular complexity index is 735. The SMILES string of the molecule is Cc1csc(N2CCN(C(=O)NCCCc3ccc(N(C)C)cc3)CC2)n1. The van der Waals surface area contributed by atoms with Crippen molar-refractivity contribution in [2.24, 2.45) is 0 Å². The molecular formula is C20H29N5OS. The van der Waals surface area contributed by atoms with Crippen molar-refractivity contribution in [3.63, 3.8) is 0 Å². The van der Waals surface area contributed by atoms with Crippen LogP contribution in [0.4, 0.5) is 15.6 Å². The van der Waals surface area contributed by atoms with Crippen LogP contribution in [0, 0.1) is 6.92 Å². The van der Waals surface area contributed by atoms with E-state index < -0.39 is 0 Å². The predicted octanol–water partition coefficient (Wildman–Crippen LogP) is 2.98. The van der Waals surface area contributed by atoms with Gasteiger partial charge in [-0.2, -0.15) is 0 Å². The number of aryl methyl sites for hydroxylation is 2. The summed E-state index contributed by atoms with van der Waals surface area (Å²) >= 11 is 1.68. The first-order chi connectivity index (χ1) is 13.0. The molecule has 0 atom stereocenters. The highest BCUT2D eigenvalue weighted by atomic mass is 32.1. The Hall–Kier alpha value is -2.28. The van der Waals surface area contributed by atoms with Crippen LogP contribution in [0.1, 0.15) is 17.7 Å². The largest absolute Gasteiger partial charge is 0.378 e. The number of thiazole rings is 1. The van der Waals surface area contributed by atoms with E-state index in [1.165, 1.54) is 11.3 Å². The lowest BCUT2D eigenvalue weighted by Crippen LogP contribution is -2.52. The molecular weight excluding hydrogens is 358 g/mol. The third kappa shape index (κ3) is 5.35. The second-order valence-electron chi connectivity index (χ2n) is 7.14. The first-order valence-corrected chi connectivity index (χ1v) is 10.4. The second kappa shape index (κ2) is 9.08. The topological polar surface area (TPSA) is 51.7 Å². The maximum Gasteiger partial charge on any atom is 0.317 e. The monoisotopic (exact) mass is 387 g/mol. The van der Waals surface area contributed by atoms with Crippen molar-refractivity contribution in [2.75, 3.05) is 56.6 Å². The molecule has 0 aliphatic carbocycles. The third-order valence-electron chi connectivity index (χ3n) is 4.82. The van der Waals surface area contributed by atoms with Gasteiger partial charge in [-0.3, -0.25) is 0 Å². The number of nitrogens with zero attached hydrogens (tertiary/aromatic N) is 4. The van der Waals surface area contributed by atoms with Crippen molar-refractivity contribution in [1.29, 1.82) is 0 Å². The van der Waals surface area contributed by atoms with Gasteiger partial charge in [0.2, 0.25) is 0 Å². The number of urea groups is 1. The van der Waals surface area contributed by atoms with Gasteiger partial charge in [0.05, 0.1) is 5.69 Å². The van der Waals surface area contributed by atoms with Gasteiger partial charge in [0.25, 0.3) is 0 Å². The highest BCUT2D eigenvalue weighted by Crippen LogP contribution is 2.21. The van der Waals surface area contributed by atoms with Crippen LogP contribution in [0.3, 0.4) is 0 Å². The normalized spacial score (nSPS) is 14.3. The first kappa shape index (κ1) is 19.5. The minimum atomic E-state index is 0.0490. The quantitative estimate of drug-likeness (QED) is 0.774. The molecule has 1 aliphatic rings. The van der Waals surface area contributed by atoms with Crippen molar-refractivity contribution in [2.45, 2.75) is 19.8 Å². The summed E-state index contributed by atoms with van der Waals surface area (Å²) in [6.45, 7) is 5.91. The second-order valence-corrected chi connectivity index (χ2v) is 7.98. The fourth-order valence-electron chi connectivity index (χ4n) is 3.15. The van der Waals surface area contributed by atoms with Crippen LogP contribution in [0.15, 0.2) is 29.6 Å². The molecule has 1 aliphatic heterocycles. The van der Waals surface area contributed by atoms with E-state index in [2.05, 4.69) is 49.7 Å². The fourth-order valence-corrected chi connectivity index (χ4v) is 4.01. The van der Waals surface area contributed by atoms with E-state index in [4.69, 9.17) is 0 Å². The van der Waals surface area contributed by atoms with Gasteiger partial charge in [-0.15, -0.1) is 11.3 Å². The van der Waals surface area contributed by atoms with Gasteiger partial charge in [0, 0.05) is 57.9 Å². The van der Waals surface area contributed by atoms with Crippen molar-refractivity contribution < 1.29 is 4.79 Å². The summed E-state index contributed by atoms with van der Waals surface area (Å²) in [6.07, 6.45) is 1.93. The number of benzene rings is 1. The number of nitrogens with one attached hydrogen (secondary N) is 1. The van der Waals surface area contributed by atoms with Gasteiger partial charge in [-0.1, -0.05) is 12.1 Å². The fraction of sp³-hybridized carbons (Fsp3) is 0.500. The zero-order valence-corrected chi connectivity index (χ0v) is 17.3. The summed E-state index contributed by atoms with van der Waals surface area (Å²) in [7, 11) is 4.09. The Balaban J connectivity index is 1.35. The molecule has 1 fully saturated rings. The molecule has 1 saturated heterocycles. The molecule has 0 spiro atoms. The molecule has 1 N–H and O–H groups in total. The van der Waals surface area contributed by atoms with E-state index in [0.29, 0.717) is 6.54 Å². The van der Waals surface area contributed by atoms with Gasteiger partial charge in [0.15, 0.2) is 5.13 Å². The number of hydrogen-bond acceptors (Lipinski definition) is 5. The minimum absolute atomic E-state index is 0.0490. The lowest BCUT2D eigenvalue weighted by Gasteiger charge is -2.34. The average Bonchev–Trinajstić information content (AvgIpc) is 3.12. The van der Waals surface area contributed by atoms with E-state index in [-0.39, 0.29) is 6.03 Å². The molecule has 1 aromatic carbocycles. The van der Waals surface area contributed by atoms with Gasteiger partial charge in [-0.05, 0) is 37.5 Å². The van der Waals surface area contributed by atoms with Gasteiger partial charge in [0.1, 0.15) is 0 Å².